The molecule has 0 spiro atoms. The highest BCUT2D eigenvalue weighted by molar-refractivity contribution is 5.72. The van der Waals surface area contributed by atoms with Crippen molar-refractivity contribution in [3.63, 3.8) is 0 Å². The zero-order chi connectivity index (χ0) is 10.4. The number of nitrogens with one attached hydrogen (secondary N) is 1. The molecule has 1 saturated heterocycles. The number of carbonyl (C=O) groups excluding carboxylic acids is 1. The Morgan fingerprint density at radius 2 is 2.36 bits per heavy atom. The average Bonchev–Trinajstić information content (AvgIpc) is 2.25. The van der Waals surface area contributed by atoms with Crippen molar-refractivity contribution < 1.29 is 9.53 Å². The first kappa shape index (κ1) is 11.5. The van der Waals surface area contributed by atoms with E-state index in [0.717, 1.165) is 19.4 Å². The summed E-state index contributed by atoms with van der Waals surface area (Å²) >= 11 is 0. The van der Waals surface area contributed by atoms with Gasteiger partial charge in [-0.1, -0.05) is 19.8 Å². The van der Waals surface area contributed by atoms with Gasteiger partial charge < -0.3 is 10.1 Å². The second kappa shape index (κ2) is 6.02. The van der Waals surface area contributed by atoms with Crippen molar-refractivity contribution >= 4 is 5.97 Å². The van der Waals surface area contributed by atoms with Gasteiger partial charge in [-0.3, -0.25) is 4.79 Å². The van der Waals surface area contributed by atoms with Crippen LogP contribution in [0, 0.1) is 5.92 Å². The third kappa shape index (κ3) is 3.29. The van der Waals surface area contributed by atoms with Crippen LogP contribution in [-0.2, 0) is 9.53 Å². The number of hydrogen-bond acceptors (Lipinski definition) is 3. The van der Waals surface area contributed by atoms with E-state index in [2.05, 4.69) is 12.2 Å². The Labute approximate surface area is 86.2 Å². The summed E-state index contributed by atoms with van der Waals surface area (Å²) in [7, 11) is 1.48. The number of esters is 1. The lowest BCUT2D eigenvalue weighted by Crippen LogP contribution is -2.40. The van der Waals surface area contributed by atoms with E-state index >= 15 is 0 Å². The van der Waals surface area contributed by atoms with Crippen LogP contribution < -0.4 is 5.32 Å². The van der Waals surface area contributed by atoms with Crippen molar-refractivity contribution in [2.75, 3.05) is 13.7 Å². The highest BCUT2D eigenvalue weighted by Crippen LogP contribution is 2.20. The SMILES string of the molecule is CCCCC1CC(C(=O)OC)CCN1. The van der Waals surface area contributed by atoms with E-state index in [0.29, 0.717) is 6.04 Å². The van der Waals surface area contributed by atoms with Gasteiger partial charge in [-0.25, -0.2) is 0 Å². The van der Waals surface area contributed by atoms with Gasteiger partial charge in [-0.05, 0) is 25.8 Å². The molecule has 1 fully saturated rings. The van der Waals surface area contributed by atoms with Gasteiger partial charge in [0, 0.05) is 6.04 Å². The molecule has 14 heavy (non-hydrogen) atoms. The van der Waals surface area contributed by atoms with Gasteiger partial charge >= 0.3 is 5.97 Å². The fourth-order valence-corrected chi connectivity index (χ4v) is 2.06. The summed E-state index contributed by atoms with van der Waals surface area (Å²) in [5.41, 5.74) is 0. The van der Waals surface area contributed by atoms with Crippen molar-refractivity contribution in [3.8, 4) is 0 Å². The number of ether oxygens (including phenoxy) is 1. The molecule has 82 valence electrons. The molecule has 3 heteroatoms. The Balaban J connectivity index is 2.31. The second-order valence-electron chi connectivity index (χ2n) is 4.04. The minimum atomic E-state index is -0.0343. The van der Waals surface area contributed by atoms with Crippen LogP contribution in [-0.4, -0.2) is 25.7 Å². The van der Waals surface area contributed by atoms with E-state index in [9.17, 15) is 4.79 Å². The molecule has 1 aliphatic heterocycles. The smallest absolute Gasteiger partial charge is 0.308 e. The van der Waals surface area contributed by atoms with Crippen LogP contribution in [0.2, 0.25) is 0 Å². The lowest BCUT2D eigenvalue weighted by atomic mass is 9.90. The fourth-order valence-electron chi connectivity index (χ4n) is 2.06. The van der Waals surface area contributed by atoms with Gasteiger partial charge in [0.25, 0.3) is 0 Å². The van der Waals surface area contributed by atoms with E-state index in [4.69, 9.17) is 4.74 Å². The van der Waals surface area contributed by atoms with Gasteiger partial charge in [0.1, 0.15) is 0 Å². The molecule has 1 heterocycles. The maximum Gasteiger partial charge on any atom is 0.308 e. The van der Waals surface area contributed by atoms with Gasteiger partial charge in [0.2, 0.25) is 0 Å². The minimum absolute atomic E-state index is 0.0343. The standard InChI is InChI=1S/C11H21NO2/c1-3-4-5-10-8-9(6-7-12-10)11(13)14-2/h9-10,12H,3-8H2,1-2H3. The molecule has 0 aliphatic carbocycles. The quantitative estimate of drug-likeness (QED) is 0.701. The first-order chi connectivity index (χ1) is 6.77. The topological polar surface area (TPSA) is 38.3 Å². The summed E-state index contributed by atoms with van der Waals surface area (Å²) in [4.78, 5) is 11.3. The molecule has 0 radical (unpaired) electrons. The van der Waals surface area contributed by atoms with Crippen LogP contribution in [0.25, 0.3) is 0 Å². The third-order valence-electron chi connectivity index (χ3n) is 2.94. The van der Waals surface area contributed by atoms with E-state index in [1.807, 2.05) is 0 Å². The van der Waals surface area contributed by atoms with Crippen molar-refractivity contribution in [1.29, 1.82) is 0 Å². The zero-order valence-corrected chi connectivity index (χ0v) is 9.21. The largest absolute Gasteiger partial charge is 0.469 e. The Morgan fingerprint density at radius 1 is 1.57 bits per heavy atom. The summed E-state index contributed by atoms with van der Waals surface area (Å²) in [6.45, 7) is 3.15. The predicted molar refractivity (Wildman–Crippen MR) is 56.1 cm³/mol. The summed E-state index contributed by atoms with van der Waals surface area (Å²) in [5.74, 6) is 0.0936. The molecular weight excluding hydrogens is 178 g/mol. The lowest BCUT2D eigenvalue weighted by molar-refractivity contribution is -0.146. The molecule has 2 atom stereocenters. The van der Waals surface area contributed by atoms with Crippen molar-refractivity contribution in [2.24, 2.45) is 5.92 Å². The summed E-state index contributed by atoms with van der Waals surface area (Å²) in [6, 6.07) is 0.521. The maximum atomic E-state index is 11.3. The fraction of sp³-hybridized carbons (Fsp3) is 0.909. The highest BCUT2D eigenvalue weighted by Gasteiger charge is 2.26. The number of piperidine rings is 1. The van der Waals surface area contributed by atoms with E-state index in [1.54, 1.807) is 0 Å². The van der Waals surface area contributed by atoms with Crippen molar-refractivity contribution in [3.05, 3.63) is 0 Å². The van der Waals surface area contributed by atoms with Crippen LogP contribution in [0.5, 0.6) is 0 Å². The van der Waals surface area contributed by atoms with Crippen LogP contribution >= 0.6 is 0 Å². The van der Waals surface area contributed by atoms with Crippen LogP contribution in [0.15, 0.2) is 0 Å². The first-order valence-electron chi connectivity index (χ1n) is 5.59. The zero-order valence-electron chi connectivity index (χ0n) is 9.21. The monoisotopic (exact) mass is 199 g/mol. The van der Waals surface area contributed by atoms with E-state index in [-0.39, 0.29) is 11.9 Å². The molecule has 2 unspecified atom stereocenters. The van der Waals surface area contributed by atoms with Crippen LogP contribution in [0.1, 0.15) is 39.0 Å². The first-order valence-corrected chi connectivity index (χ1v) is 5.59. The molecule has 1 aliphatic rings. The number of rotatable bonds is 4. The highest BCUT2D eigenvalue weighted by atomic mass is 16.5. The summed E-state index contributed by atoms with van der Waals surface area (Å²) < 4.78 is 4.78. The number of carbonyl (C=O) groups is 1. The molecule has 1 N–H and O–H groups in total. The average molecular weight is 199 g/mol. The number of hydrogen-bond donors (Lipinski definition) is 1. The summed E-state index contributed by atoms with van der Waals surface area (Å²) in [5, 5.41) is 3.46. The van der Waals surface area contributed by atoms with E-state index < -0.39 is 0 Å². The molecule has 3 nitrogen and oxygen atoms in total. The normalized spacial score (nSPS) is 27.3. The second-order valence-corrected chi connectivity index (χ2v) is 4.04. The third-order valence-corrected chi connectivity index (χ3v) is 2.94. The molecule has 0 saturated carbocycles. The van der Waals surface area contributed by atoms with Crippen molar-refractivity contribution in [2.45, 2.75) is 45.1 Å². The van der Waals surface area contributed by atoms with Crippen LogP contribution in [0.3, 0.4) is 0 Å². The molecule has 1 rings (SSSR count). The lowest BCUT2D eigenvalue weighted by Gasteiger charge is -2.28. The Hall–Kier alpha value is -0.570. The van der Waals surface area contributed by atoms with Gasteiger partial charge in [-0.15, -0.1) is 0 Å². The van der Waals surface area contributed by atoms with Gasteiger partial charge in [0.15, 0.2) is 0 Å². The molecule has 0 aromatic carbocycles. The maximum absolute atomic E-state index is 11.3. The van der Waals surface area contributed by atoms with E-state index in [1.165, 1.54) is 26.4 Å². The van der Waals surface area contributed by atoms with Crippen LogP contribution in [0.4, 0.5) is 0 Å². The Kier molecular flexibility index (Phi) is 4.94. The van der Waals surface area contributed by atoms with Gasteiger partial charge in [-0.2, -0.15) is 0 Å². The summed E-state index contributed by atoms with van der Waals surface area (Å²) in [6.07, 6.45) is 5.53. The Bertz CT molecular complexity index is 182. The molecule has 0 aromatic heterocycles. The minimum Gasteiger partial charge on any atom is -0.469 e. The Morgan fingerprint density at radius 3 is 3.00 bits per heavy atom. The molecule has 0 bridgehead atoms. The predicted octanol–water partition coefficient (Wildman–Crippen LogP) is 1.72. The molecule has 0 amide bonds. The number of methoxy groups -OCH3 is 1. The molecule has 0 aromatic rings. The van der Waals surface area contributed by atoms with Gasteiger partial charge in [0.05, 0.1) is 13.0 Å². The van der Waals surface area contributed by atoms with Crippen molar-refractivity contribution in [1.82, 2.24) is 5.32 Å². The molecular formula is C11H21NO2. The number of unbranched alkanes of at least 4 members (excludes halogenated alkanes) is 1.